The maximum Gasteiger partial charge on any atom is 0.180 e. The molecule has 0 saturated carbocycles. The van der Waals surface area contributed by atoms with E-state index in [0.717, 1.165) is 19.3 Å². The molecule has 1 aliphatic heterocycles. The Hall–Kier alpha value is -0.450. The van der Waals surface area contributed by atoms with Crippen LogP contribution in [0.15, 0.2) is 0 Å². The van der Waals surface area contributed by atoms with Crippen LogP contribution < -0.4 is 5.32 Å². The maximum absolute atomic E-state index is 11.8. The van der Waals surface area contributed by atoms with E-state index >= 15 is 0 Å². The molecule has 1 N–H and O–H groups in total. The summed E-state index contributed by atoms with van der Waals surface area (Å²) in [6.07, 6.45) is 2.86. The van der Waals surface area contributed by atoms with Gasteiger partial charge in [-0.1, -0.05) is 0 Å². The lowest BCUT2D eigenvalue weighted by Gasteiger charge is -2.35. The van der Waals surface area contributed by atoms with Crippen molar-refractivity contribution in [3.8, 4) is 0 Å². The number of ether oxygens (including phenoxy) is 2. The molecule has 1 fully saturated rings. The molecular weight excluding hydrogens is 182 g/mol. The molecule has 82 valence electrons. The summed E-state index contributed by atoms with van der Waals surface area (Å²) >= 11 is 0. The minimum Gasteiger partial charge on any atom is -0.381 e. The van der Waals surface area contributed by atoms with Gasteiger partial charge in [0.1, 0.15) is 0 Å². The van der Waals surface area contributed by atoms with E-state index in [1.807, 2.05) is 0 Å². The Morgan fingerprint density at radius 2 is 2.36 bits per heavy atom. The number of Topliss-reactive ketones (excluding diaryl/α,β-unsaturated/α-hetero) is 1. The van der Waals surface area contributed by atoms with E-state index in [1.165, 1.54) is 0 Å². The van der Waals surface area contributed by atoms with Crippen molar-refractivity contribution >= 4 is 5.78 Å². The van der Waals surface area contributed by atoms with Crippen molar-refractivity contribution in [2.45, 2.75) is 24.9 Å². The van der Waals surface area contributed by atoms with Crippen molar-refractivity contribution in [2.24, 2.45) is 0 Å². The summed E-state index contributed by atoms with van der Waals surface area (Å²) in [5, 5.41) is 2.86. The summed E-state index contributed by atoms with van der Waals surface area (Å²) in [5.74, 6) is 0.0987. The number of hydrogen-bond acceptors (Lipinski definition) is 4. The van der Waals surface area contributed by atoms with Crippen molar-refractivity contribution in [2.75, 3.05) is 33.9 Å². The van der Waals surface area contributed by atoms with Gasteiger partial charge in [0.25, 0.3) is 0 Å². The van der Waals surface area contributed by atoms with Gasteiger partial charge >= 0.3 is 0 Å². The highest BCUT2D eigenvalue weighted by Gasteiger charge is 2.40. The van der Waals surface area contributed by atoms with Crippen molar-refractivity contribution in [3.63, 3.8) is 0 Å². The first-order chi connectivity index (χ1) is 6.75. The second kappa shape index (κ2) is 5.44. The van der Waals surface area contributed by atoms with E-state index in [1.54, 1.807) is 14.2 Å². The normalized spacial score (nSPS) is 27.6. The number of rotatable bonds is 5. The highest BCUT2D eigenvalue weighted by atomic mass is 16.5. The SMILES string of the molecule is CNCC(=O)C1(COC)CCCCO1. The predicted molar refractivity (Wildman–Crippen MR) is 53.3 cm³/mol. The average Bonchev–Trinajstić information content (AvgIpc) is 2.20. The van der Waals surface area contributed by atoms with Crippen LogP contribution in [0.2, 0.25) is 0 Å². The summed E-state index contributed by atoms with van der Waals surface area (Å²) in [6.45, 7) is 1.38. The second-order valence-electron chi connectivity index (χ2n) is 3.69. The van der Waals surface area contributed by atoms with E-state index in [4.69, 9.17) is 9.47 Å². The summed E-state index contributed by atoms with van der Waals surface area (Å²) in [5.41, 5.74) is -0.685. The predicted octanol–water partition coefficient (Wildman–Crippen LogP) is 0.361. The van der Waals surface area contributed by atoms with Crippen LogP contribution in [-0.2, 0) is 14.3 Å². The quantitative estimate of drug-likeness (QED) is 0.697. The van der Waals surface area contributed by atoms with E-state index < -0.39 is 5.60 Å². The lowest BCUT2D eigenvalue weighted by molar-refractivity contribution is -0.159. The zero-order chi connectivity index (χ0) is 10.4. The van der Waals surface area contributed by atoms with Gasteiger partial charge in [0.15, 0.2) is 11.4 Å². The molecule has 0 bridgehead atoms. The van der Waals surface area contributed by atoms with Crippen LogP contribution in [0.1, 0.15) is 19.3 Å². The van der Waals surface area contributed by atoms with Crippen molar-refractivity contribution in [1.82, 2.24) is 5.32 Å². The third-order valence-corrected chi connectivity index (χ3v) is 2.58. The lowest BCUT2D eigenvalue weighted by atomic mass is 9.90. The van der Waals surface area contributed by atoms with E-state index in [0.29, 0.717) is 19.8 Å². The summed E-state index contributed by atoms with van der Waals surface area (Å²) in [7, 11) is 3.37. The van der Waals surface area contributed by atoms with Crippen LogP contribution in [0, 0.1) is 0 Å². The smallest absolute Gasteiger partial charge is 0.180 e. The minimum atomic E-state index is -0.685. The van der Waals surface area contributed by atoms with Gasteiger partial charge in [0, 0.05) is 13.7 Å². The average molecular weight is 201 g/mol. The van der Waals surface area contributed by atoms with E-state index in [-0.39, 0.29) is 5.78 Å². The number of hydrogen-bond donors (Lipinski definition) is 1. The standard InChI is InChI=1S/C10H19NO3/c1-11-7-9(12)10(8-13-2)5-3-4-6-14-10/h11H,3-8H2,1-2H3. The first kappa shape index (κ1) is 11.6. The van der Waals surface area contributed by atoms with Crippen LogP contribution in [0.25, 0.3) is 0 Å². The highest BCUT2D eigenvalue weighted by molar-refractivity contribution is 5.89. The van der Waals surface area contributed by atoms with Gasteiger partial charge in [-0.15, -0.1) is 0 Å². The Labute approximate surface area is 85.0 Å². The first-order valence-corrected chi connectivity index (χ1v) is 5.06. The van der Waals surface area contributed by atoms with Gasteiger partial charge in [-0.25, -0.2) is 0 Å². The van der Waals surface area contributed by atoms with Crippen LogP contribution in [0.5, 0.6) is 0 Å². The van der Waals surface area contributed by atoms with Gasteiger partial charge < -0.3 is 14.8 Å². The van der Waals surface area contributed by atoms with Crippen molar-refractivity contribution < 1.29 is 14.3 Å². The lowest BCUT2D eigenvalue weighted by Crippen LogP contribution is -2.51. The minimum absolute atomic E-state index is 0.0987. The van der Waals surface area contributed by atoms with Crippen LogP contribution >= 0.6 is 0 Å². The first-order valence-electron chi connectivity index (χ1n) is 5.06. The molecule has 0 aromatic rings. The molecule has 14 heavy (non-hydrogen) atoms. The Balaban J connectivity index is 2.63. The Morgan fingerprint density at radius 1 is 1.57 bits per heavy atom. The molecule has 1 saturated heterocycles. The molecule has 1 unspecified atom stereocenters. The van der Waals surface area contributed by atoms with Gasteiger partial charge in [-0.05, 0) is 26.3 Å². The molecule has 0 aromatic carbocycles. The Bertz CT molecular complexity index is 182. The number of likely N-dealkylation sites (N-methyl/N-ethyl adjacent to an activating group) is 1. The molecule has 1 aliphatic rings. The number of nitrogens with one attached hydrogen (secondary N) is 1. The van der Waals surface area contributed by atoms with E-state index in [9.17, 15) is 4.79 Å². The van der Waals surface area contributed by atoms with Gasteiger partial charge in [0.05, 0.1) is 13.2 Å². The fraction of sp³-hybridized carbons (Fsp3) is 0.900. The molecule has 0 spiro atoms. The van der Waals surface area contributed by atoms with Gasteiger partial charge in [0.2, 0.25) is 0 Å². The molecule has 1 rings (SSSR count). The van der Waals surface area contributed by atoms with Gasteiger partial charge in [-0.2, -0.15) is 0 Å². The van der Waals surface area contributed by atoms with Crippen LogP contribution in [0.4, 0.5) is 0 Å². The second-order valence-corrected chi connectivity index (χ2v) is 3.69. The molecule has 1 heterocycles. The van der Waals surface area contributed by atoms with Crippen LogP contribution in [0.3, 0.4) is 0 Å². The van der Waals surface area contributed by atoms with Crippen LogP contribution in [-0.4, -0.2) is 45.3 Å². The summed E-state index contributed by atoms with van der Waals surface area (Å²) in [4.78, 5) is 11.8. The number of methoxy groups -OCH3 is 1. The number of carbonyl (C=O) groups is 1. The zero-order valence-corrected chi connectivity index (χ0v) is 8.97. The maximum atomic E-state index is 11.8. The van der Waals surface area contributed by atoms with E-state index in [2.05, 4.69) is 5.32 Å². The molecule has 0 aromatic heterocycles. The topological polar surface area (TPSA) is 47.6 Å². The van der Waals surface area contributed by atoms with Crippen molar-refractivity contribution in [3.05, 3.63) is 0 Å². The molecule has 0 aliphatic carbocycles. The number of carbonyl (C=O) groups excluding carboxylic acids is 1. The third-order valence-electron chi connectivity index (χ3n) is 2.58. The zero-order valence-electron chi connectivity index (χ0n) is 8.97. The highest BCUT2D eigenvalue weighted by Crippen LogP contribution is 2.26. The molecule has 4 heteroatoms. The molecular formula is C10H19NO3. The molecule has 1 atom stereocenters. The van der Waals surface area contributed by atoms with Gasteiger partial charge in [-0.3, -0.25) is 4.79 Å². The third kappa shape index (κ3) is 2.53. The molecule has 0 amide bonds. The summed E-state index contributed by atoms with van der Waals surface area (Å²) < 4.78 is 10.7. The monoisotopic (exact) mass is 201 g/mol. The van der Waals surface area contributed by atoms with Crippen molar-refractivity contribution in [1.29, 1.82) is 0 Å². The molecule has 0 radical (unpaired) electrons. The Kier molecular flexibility index (Phi) is 4.51. The fourth-order valence-corrected chi connectivity index (χ4v) is 1.82. The number of ketones is 1. The fourth-order valence-electron chi connectivity index (χ4n) is 1.82. The molecule has 4 nitrogen and oxygen atoms in total. The summed E-state index contributed by atoms with van der Waals surface area (Å²) in [6, 6.07) is 0. The largest absolute Gasteiger partial charge is 0.381 e. The Morgan fingerprint density at radius 3 is 2.86 bits per heavy atom.